The molecule has 8 heterocycles. The van der Waals surface area contributed by atoms with Gasteiger partial charge in [-0.1, -0.05) is 251 Å². The minimum absolute atomic E-state index is 0.0593. The molecule has 7 unspecified atom stereocenters. The molecule has 2 N–H and O–H groups in total. The third-order valence-corrected chi connectivity index (χ3v) is 27.1. The number of aromatic amines is 2. The number of nitrogens with one attached hydrogen (secondary N) is 2. The van der Waals surface area contributed by atoms with Gasteiger partial charge in [0.2, 0.25) is 11.2 Å². The topological polar surface area (TPSA) is 174 Å². The van der Waals surface area contributed by atoms with Gasteiger partial charge in [-0.25, -0.2) is 39.5 Å². The summed E-state index contributed by atoms with van der Waals surface area (Å²) in [4.78, 5) is 72.1. The lowest BCUT2D eigenvalue weighted by Gasteiger charge is -2.56. The lowest BCUT2D eigenvalue weighted by molar-refractivity contribution is -0.168. The molecule has 3 saturated carbocycles. The molecule has 13 nitrogen and oxygen atoms in total. The van der Waals surface area contributed by atoms with Crippen LogP contribution in [0.1, 0.15) is 263 Å². The number of nitrogens with zero attached hydrogens (tertiary/aromatic N) is 6. The van der Waals surface area contributed by atoms with E-state index in [2.05, 4.69) is 310 Å². The van der Waals surface area contributed by atoms with Gasteiger partial charge in [-0.05, 0) is 189 Å². The van der Waals surface area contributed by atoms with Crippen LogP contribution in [-0.2, 0) is 67.1 Å². The molecule has 0 radical (unpaired) electrons. The molecule has 114 heavy (non-hydrogen) atoms. The van der Waals surface area contributed by atoms with Crippen molar-refractivity contribution in [3.63, 3.8) is 0 Å². The monoisotopic (exact) mass is 1520 g/mol. The Hall–Kier alpha value is -9.72. The number of carbonyl (C=O) groups is 2. The average Bonchev–Trinajstić information content (AvgIpc) is 1.42. The van der Waals surface area contributed by atoms with Crippen molar-refractivity contribution in [2.24, 2.45) is 35.5 Å². The van der Waals surface area contributed by atoms with E-state index in [1.165, 1.54) is 58.7 Å². The van der Waals surface area contributed by atoms with E-state index in [0.29, 0.717) is 22.1 Å². The first-order valence-corrected chi connectivity index (χ1v) is 41.4. The molecule has 0 spiro atoms. The van der Waals surface area contributed by atoms with Crippen LogP contribution < -0.4 is 0 Å². The standard InChI is InChI=1S/C101H112N8O5/c1-92(2,3)54-35-50(36-55(43-54)93(4,5)6)76-66-29-30-67(102-66)77(51-37-56(94(7,8)9)44-57(38-51)95(10,11)12)69-32-34-71(104-69)79(53-41-60(98(19,20)21)46-61(42-53)99(22,23)24)87-89-88(86(109-87)78(70-33-31-68(76)103-70)52-39-58(96(13,14)15)45-59(40-52)97(16,17)18)107-74-48-72-73(49-75(74)108-89)106-85-63-28-27-62(84(85)105-72)80-64-47-65(81(63)80)83-82(64)100(90(110)112-25)101(83,114-100)91(111)113-26/h27-46,48-49,62-65,80-83,102,109H,47H2,1-26H3/t62-,63+,64+,65?,80?,81?,82?,83?,100?,101?/m0/s1. The van der Waals surface area contributed by atoms with E-state index >= 15 is 0 Å². The number of esters is 2. The molecular weight excluding hydrogens is 1410 g/mol. The summed E-state index contributed by atoms with van der Waals surface area (Å²) < 4.78 is 17.4. The fourth-order valence-corrected chi connectivity index (χ4v) is 20.7. The molecule has 10 atom stereocenters. The molecule has 586 valence electrons. The first kappa shape index (κ1) is 75.6. The SMILES string of the molecule is COC(=O)C12OC1(C(=O)OC)C1C2C2C[C@@H]1C1C2[C@H]2C=C[C@@H]1c1nc3cc4nc5c6[nH]c(c(-c7cc(C(C)(C)C)cc(C(C)(C)C)c7)c7nc(c(-c8cc(C(C)(C)C)cc(C(C)(C)C)c8)c8ccc([nH]8)c(-c8cc(C(C)(C)C)cc(C(C)(C)C)c8)c8nc(c6-c6cc(C(C)(C)C)cc(C(C)(C)C)c6)C=C8)C=C7)c5nc4cc3nc12. The fraction of sp³-hybridized carbons (Fsp3) is 0.446. The summed E-state index contributed by atoms with van der Waals surface area (Å²) in [6, 6.07) is 37.5. The van der Waals surface area contributed by atoms with Gasteiger partial charge < -0.3 is 24.2 Å². The minimum atomic E-state index is -1.33. The molecule has 13 heteroatoms. The van der Waals surface area contributed by atoms with E-state index < -0.39 is 23.1 Å². The van der Waals surface area contributed by atoms with E-state index in [9.17, 15) is 9.59 Å². The summed E-state index contributed by atoms with van der Waals surface area (Å²) in [5.74, 6) is -0.812. The van der Waals surface area contributed by atoms with Gasteiger partial charge in [-0.15, -0.1) is 0 Å². The summed E-state index contributed by atoms with van der Waals surface area (Å²) in [5.41, 5.74) is 26.0. The lowest BCUT2D eigenvalue weighted by Crippen LogP contribution is -2.68. The molecule has 3 aliphatic heterocycles. The Kier molecular flexibility index (Phi) is 16.2. The Bertz CT molecular complexity index is 5680. The first-order valence-electron chi connectivity index (χ1n) is 41.4. The molecule has 1 saturated heterocycles. The van der Waals surface area contributed by atoms with Crippen LogP contribution in [0.3, 0.4) is 0 Å². The van der Waals surface area contributed by atoms with Gasteiger partial charge in [0, 0.05) is 57.0 Å². The Labute approximate surface area is 672 Å². The predicted octanol–water partition coefficient (Wildman–Crippen LogP) is 23.5. The van der Waals surface area contributed by atoms with Gasteiger partial charge in [0.25, 0.3) is 0 Å². The molecule has 9 aliphatic rings. The van der Waals surface area contributed by atoms with E-state index in [4.69, 9.17) is 44.1 Å². The molecule has 5 aromatic heterocycles. The third kappa shape index (κ3) is 11.4. The number of rotatable bonds is 6. The van der Waals surface area contributed by atoms with Crippen LogP contribution in [0.2, 0.25) is 0 Å². The normalized spacial score (nSPS) is 23.5. The van der Waals surface area contributed by atoms with Gasteiger partial charge in [0.05, 0.1) is 81.5 Å². The summed E-state index contributed by atoms with van der Waals surface area (Å²) in [7, 11) is 2.77. The first-order chi connectivity index (χ1) is 53.2. The van der Waals surface area contributed by atoms with Gasteiger partial charge >= 0.3 is 11.9 Å². The molecular formula is C101H112N8O5. The zero-order chi connectivity index (χ0) is 81.3. The van der Waals surface area contributed by atoms with E-state index in [0.717, 1.165) is 118 Å². The fourth-order valence-electron chi connectivity index (χ4n) is 20.7. The maximum absolute atomic E-state index is 13.9. The van der Waals surface area contributed by atoms with Crippen LogP contribution in [0.15, 0.2) is 109 Å². The average molecular weight is 1520 g/mol. The quantitative estimate of drug-likeness (QED) is 0.0702. The zero-order valence-corrected chi connectivity index (χ0v) is 71.8. The highest BCUT2D eigenvalue weighted by atomic mass is 16.7. The number of epoxide rings is 1. The van der Waals surface area contributed by atoms with Crippen molar-refractivity contribution in [1.82, 2.24) is 39.9 Å². The van der Waals surface area contributed by atoms with E-state index in [-0.39, 0.29) is 90.7 Å². The Morgan fingerprint density at radius 1 is 0.360 bits per heavy atom. The number of methoxy groups -OCH3 is 2. The Morgan fingerprint density at radius 3 is 0.912 bits per heavy atom. The second-order valence-corrected chi connectivity index (χ2v) is 42.8. The van der Waals surface area contributed by atoms with E-state index in [1.807, 2.05) is 0 Å². The number of ether oxygens (including phenoxy) is 3. The highest BCUT2D eigenvalue weighted by Crippen LogP contribution is 2.85. The van der Waals surface area contributed by atoms with Crippen LogP contribution in [0.4, 0.5) is 0 Å². The number of H-pyrrole nitrogens is 2. The Morgan fingerprint density at radius 2 is 0.632 bits per heavy atom. The number of aromatic nitrogens is 8. The van der Waals surface area contributed by atoms with Crippen molar-refractivity contribution in [3.8, 4) is 44.5 Å². The van der Waals surface area contributed by atoms with Crippen LogP contribution in [0.5, 0.6) is 0 Å². The van der Waals surface area contributed by atoms with Gasteiger partial charge in [0.15, 0.2) is 0 Å². The largest absolute Gasteiger partial charge is 0.467 e. The van der Waals surface area contributed by atoms with Crippen LogP contribution >= 0.6 is 0 Å². The van der Waals surface area contributed by atoms with Gasteiger partial charge in [-0.2, -0.15) is 0 Å². The second kappa shape index (κ2) is 24.4. The van der Waals surface area contributed by atoms with Crippen molar-refractivity contribution in [1.29, 1.82) is 0 Å². The predicted molar refractivity (Wildman–Crippen MR) is 465 cm³/mol. The number of allylic oxidation sites excluding steroid dienone is 2. The maximum Gasteiger partial charge on any atom is 0.342 e. The van der Waals surface area contributed by atoms with Crippen LogP contribution in [0.25, 0.3) is 124 Å². The van der Waals surface area contributed by atoms with Crippen LogP contribution in [-0.4, -0.2) is 77.2 Å². The smallest absolute Gasteiger partial charge is 0.342 e. The number of benzene rings is 5. The summed E-state index contributed by atoms with van der Waals surface area (Å²) >= 11 is 0. The third-order valence-electron chi connectivity index (χ3n) is 27.1. The molecule has 0 amide bonds. The van der Waals surface area contributed by atoms with Crippen molar-refractivity contribution in [2.75, 3.05) is 14.2 Å². The summed E-state index contributed by atoms with van der Waals surface area (Å²) in [6.07, 6.45) is 14.5. The number of hydrogen-bond acceptors (Lipinski definition) is 11. The number of hydrogen-bond donors (Lipinski definition) is 2. The number of carbonyl (C=O) groups excluding carboxylic acids is 2. The summed E-state index contributed by atoms with van der Waals surface area (Å²) in [5, 5.41) is 0. The van der Waals surface area contributed by atoms with Gasteiger partial charge in [0.1, 0.15) is 11.0 Å². The Balaban J connectivity index is 1.00. The highest BCUT2D eigenvalue weighted by molar-refractivity contribution is 6.16. The molecule has 6 aliphatic carbocycles. The van der Waals surface area contributed by atoms with Crippen molar-refractivity contribution < 1.29 is 23.8 Å². The molecule has 19 rings (SSSR count). The molecule has 10 aromatic rings. The molecule has 12 bridgehead atoms. The lowest BCUT2D eigenvalue weighted by atomic mass is 9.44. The minimum Gasteiger partial charge on any atom is -0.467 e. The van der Waals surface area contributed by atoms with Crippen molar-refractivity contribution in [2.45, 2.75) is 239 Å². The zero-order valence-electron chi connectivity index (χ0n) is 71.8. The van der Waals surface area contributed by atoms with E-state index in [1.54, 1.807) is 0 Å². The highest BCUT2D eigenvalue weighted by Gasteiger charge is 3.00. The van der Waals surface area contributed by atoms with Crippen molar-refractivity contribution in [3.05, 3.63) is 188 Å². The summed E-state index contributed by atoms with van der Waals surface area (Å²) in [6.45, 7) is 55.4. The number of fused-ring (bicyclic) bond motifs is 21. The van der Waals surface area contributed by atoms with Gasteiger partial charge in [-0.3, -0.25) is 0 Å². The van der Waals surface area contributed by atoms with Crippen LogP contribution in [0, 0.1) is 35.5 Å². The maximum atomic E-state index is 13.9. The second-order valence-electron chi connectivity index (χ2n) is 42.8. The molecule has 4 fully saturated rings. The van der Waals surface area contributed by atoms with Crippen molar-refractivity contribution >= 4 is 91.4 Å². The molecule has 5 aromatic carbocycles.